The van der Waals surface area contributed by atoms with E-state index >= 15 is 0 Å². The number of ether oxygens (including phenoxy) is 1. The third kappa shape index (κ3) is 8.75. The molecule has 1 N–H and O–H groups in total. The van der Waals surface area contributed by atoms with Crippen molar-refractivity contribution in [3.05, 3.63) is 52.3 Å². The molecule has 1 amide bonds. The lowest BCUT2D eigenvalue weighted by molar-refractivity contribution is -0.123. The molecule has 1 aromatic carbocycles. The van der Waals surface area contributed by atoms with E-state index in [9.17, 15) is 9.59 Å². The summed E-state index contributed by atoms with van der Waals surface area (Å²) in [6.45, 7) is 13.4. The van der Waals surface area contributed by atoms with Gasteiger partial charge in [-0.3, -0.25) is 14.2 Å². The minimum Gasteiger partial charge on any atom is -0.497 e. The van der Waals surface area contributed by atoms with Crippen LogP contribution in [-0.4, -0.2) is 23.1 Å². The third-order valence-corrected chi connectivity index (χ3v) is 3.48. The van der Waals surface area contributed by atoms with Crippen LogP contribution in [0.5, 0.6) is 5.75 Å². The number of nitrogens with zero attached hydrogens (tertiary/aromatic N) is 2. The van der Waals surface area contributed by atoms with E-state index in [0.29, 0.717) is 11.4 Å². The quantitative estimate of drug-likeness (QED) is 0.771. The fourth-order valence-electron chi connectivity index (χ4n) is 2.46. The van der Waals surface area contributed by atoms with Crippen LogP contribution in [0.4, 0.5) is 0 Å². The lowest BCUT2D eigenvalue weighted by Crippen LogP contribution is -2.43. The first-order chi connectivity index (χ1) is 13.7. The Bertz CT molecular complexity index is 894. The van der Waals surface area contributed by atoms with Gasteiger partial charge in [-0.25, -0.2) is 0 Å². The van der Waals surface area contributed by atoms with Gasteiger partial charge in [0, 0.05) is 11.1 Å². The van der Waals surface area contributed by atoms with Crippen LogP contribution in [0.15, 0.2) is 41.2 Å². The van der Waals surface area contributed by atoms with E-state index in [1.807, 2.05) is 60.6 Å². The third-order valence-electron chi connectivity index (χ3n) is 3.48. The molecule has 0 bridgehead atoms. The maximum Gasteiger partial charge on any atom is 0.269 e. The van der Waals surface area contributed by atoms with Crippen molar-refractivity contribution < 1.29 is 9.53 Å². The lowest BCUT2D eigenvalue weighted by atomic mass is 10.1. The van der Waals surface area contributed by atoms with Gasteiger partial charge in [0.05, 0.1) is 12.8 Å². The smallest absolute Gasteiger partial charge is 0.269 e. The Labute approximate surface area is 187 Å². The molecular weight excluding hydrogens is 398 g/mol. The highest BCUT2D eigenvalue weighted by atomic mass is 32.1. The molecule has 0 aliphatic rings. The molecule has 7 heteroatoms. The van der Waals surface area contributed by atoms with Gasteiger partial charge in [-0.05, 0) is 45.0 Å². The lowest BCUT2D eigenvalue weighted by Gasteiger charge is -2.21. The van der Waals surface area contributed by atoms with E-state index in [-0.39, 0.29) is 31.5 Å². The van der Waals surface area contributed by atoms with Crippen molar-refractivity contribution in [3.63, 3.8) is 0 Å². The monoisotopic (exact) mass is 433 g/mol. The number of hydrogen-bond donors (Lipinski definition) is 1. The van der Waals surface area contributed by atoms with Crippen LogP contribution in [0.1, 0.15) is 54.0 Å². The molecule has 0 fully saturated rings. The fraction of sp³-hybridized carbons (Fsp3) is 0.435. The van der Waals surface area contributed by atoms with Crippen LogP contribution < -0.4 is 15.6 Å². The summed E-state index contributed by atoms with van der Waals surface area (Å²) in [6, 6.07) is 12.2. The Morgan fingerprint density at radius 2 is 1.73 bits per heavy atom. The number of nitriles is 1. The van der Waals surface area contributed by atoms with Gasteiger partial charge in [-0.1, -0.05) is 39.8 Å². The number of pyridine rings is 1. The van der Waals surface area contributed by atoms with Gasteiger partial charge in [0.25, 0.3) is 5.56 Å². The van der Waals surface area contributed by atoms with Gasteiger partial charge in [0.15, 0.2) is 0 Å². The standard InChI is InChI=1S/C19H21N3O3.2C2H6.H2S/c1-19(2,3)21-17(23)12-22-16(9-8-14(11-20)18(22)24)13-6-5-7-15(10-13)25-4;2*1-2;/h5-10H,12H2,1-4H3,(H,21,23);2*1-2H3;1H2. The van der Waals surface area contributed by atoms with Gasteiger partial charge < -0.3 is 10.1 Å². The van der Waals surface area contributed by atoms with E-state index in [2.05, 4.69) is 5.32 Å². The number of aromatic nitrogens is 1. The Morgan fingerprint density at radius 3 is 2.23 bits per heavy atom. The second-order valence-corrected chi connectivity index (χ2v) is 6.67. The maximum absolute atomic E-state index is 12.6. The predicted octanol–water partition coefficient (Wildman–Crippen LogP) is 4.48. The van der Waals surface area contributed by atoms with Crippen molar-refractivity contribution >= 4 is 19.4 Å². The van der Waals surface area contributed by atoms with Crippen molar-refractivity contribution in [2.75, 3.05) is 7.11 Å². The number of benzene rings is 1. The highest BCUT2D eigenvalue weighted by Gasteiger charge is 2.18. The second kappa shape index (κ2) is 14.3. The SMILES string of the molecule is CC.CC.COc1cccc(-c2ccc(C#N)c(=O)n2CC(=O)NC(C)(C)C)c1.S. The van der Waals surface area contributed by atoms with Gasteiger partial charge in [-0.2, -0.15) is 18.8 Å². The largest absolute Gasteiger partial charge is 0.497 e. The van der Waals surface area contributed by atoms with Crippen molar-refractivity contribution in [1.29, 1.82) is 5.26 Å². The Hall–Kier alpha value is -2.72. The highest BCUT2D eigenvalue weighted by molar-refractivity contribution is 7.59. The van der Waals surface area contributed by atoms with E-state index in [1.54, 1.807) is 31.4 Å². The van der Waals surface area contributed by atoms with Gasteiger partial charge in [0.2, 0.25) is 5.91 Å². The molecule has 1 heterocycles. The number of methoxy groups -OCH3 is 1. The summed E-state index contributed by atoms with van der Waals surface area (Å²) in [7, 11) is 1.56. The first kappa shape index (κ1) is 29.5. The van der Waals surface area contributed by atoms with Gasteiger partial charge >= 0.3 is 0 Å². The first-order valence-electron chi connectivity index (χ1n) is 9.84. The zero-order valence-electron chi connectivity index (χ0n) is 19.3. The van der Waals surface area contributed by atoms with Crippen LogP contribution >= 0.6 is 13.5 Å². The van der Waals surface area contributed by atoms with Crippen molar-refractivity contribution in [1.82, 2.24) is 9.88 Å². The molecule has 2 aromatic rings. The highest BCUT2D eigenvalue weighted by Crippen LogP contribution is 2.23. The molecule has 6 nitrogen and oxygen atoms in total. The molecule has 30 heavy (non-hydrogen) atoms. The Balaban J connectivity index is 0. The van der Waals surface area contributed by atoms with Crippen LogP contribution in [-0.2, 0) is 11.3 Å². The van der Waals surface area contributed by atoms with Crippen LogP contribution in [0, 0.1) is 11.3 Å². The van der Waals surface area contributed by atoms with Crippen LogP contribution in [0.25, 0.3) is 11.3 Å². The fourth-order valence-corrected chi connectivity index (χ4v) is 2.46. The maximum atomic E-state index is 12.6. The van der Waals surface area contributed by atoms with Crippen molar-refractivity contribution in [3.8, 4) is 23.1 Å². The van der Waals surface area contributed by atoms with Crippen molar-refractivity contribution in [2.24, 2.45) is 0 Å². The summed E-state index contributed by atoms with van der Waals surface area (Å²) in [4.78, 5) is 24.9. The van der Waals surface area contributed by atoms with Crippen LogP contribution in [0.3, 0.4) is 0 Å². The number of nitrogens with one attached hydrogen (secondary N) is 1. The number of amides is 1. The molecule has 0 unspecified atom stereocenters. The molecule has 0 atom stereocenters. The summed E-state index contributed by atoms with van der Waals surface area (Å²) in [5.74, 6) is 0.342. The number of rotatable bonds is 4. The normalized spacial score (nSPS) is 9.43. The predicted molar refractivity (Wildman–Crippen MR) is 128 cm³/mol. The molecule has 0 aliphatic heterocycles. The molecule has 0 aliphatic carbocycles. The summed E-state index contributed by atoms with van der Waals surface area (Å²) in [6.07, 6.45) is 0. The molecule has 0 saturated heterocycles. The van der Waals surface area contributed by atoms with E-state index in [4.69, 9.17) is 10.00 Å². The molecule has 0 radical (unpaired) electrons. The topological polar surface area (TPSA) is 84.1 Å². The minimum atomic E-state index is -0.494. The number of carbonyl (C=O) groups is 1. The molecule has 1 aromatic heterocycles. The number of hydrogen-bond acceptors (Lipinski definition) is 4. The van der Waals surface area contributed by atoms with Crippen molar-refractivity contribution in [2.45, 2.75) is 60.5 Å². The number of carbonyl (C=O) groups excluding carboxylic acids is 1. The molecule has 0 spiro atoms. The van der Waals surface area contributed by atoms with E-state index in [0.717, 1.165) is 5.56 Å². The zero-order chi connectivity index (χ0) is 22.6. The van der Waals surface area contributed by atoms with Gasteiger partial charge in [-0.15, -0.1) is 0 Å². The zero-order valence-corrected chi connectivity index (χ0v) is 20.3. The average molecular weight is 434 g/mol. The summed E-state index contributed by atoms with van der Waals surface area (Å²) in [5, 5.41) is 12.0. The average Bonchev–Trinajstić information content (AvgIpc) is 2.71. The molecule has 166 valence electrons. The molecule has 2 rings (SSSR count). The first-order valence-corrected chi connectivity index (χ1v) is 9.84. The summed E-state index contributed by atoms with van der Waals surface area (Å²) >= 11 is 0. The van der Waals surface area contributed by atoms with E-state index < -0.39 is 11.1 Å². The summed E-state index contributed by atoms with van der Waals surface area (Å²) in [5.41, 5.74) is 0.363. The Kier molecular flexibility index (Phi) is 14.0. The molecule has 0 saturated carbocycles. The van der Waals surface area contributed by atoms with E-state index in [1.165, 1.54) is 10.6 Å². The Morgan fingerprint density at radius 1 is 1.13 bits per heavy atom. The minimum absolute atomic E-state index is 0. The van der Waals surface area contributed by atoms with Crippen LogP contribution in [0.2, 0.25) is 0 Å². The molecular formula is C23H35N3O3S. The summed E-state index contributed by atoms with van der Waals surface area (Å²) < 4.78 is 6.53. The second-order valence-electron chi connectivity index (χ2n) is 6.67. The van der Waals surface area contributed by atoms with Gasteiger partial charge in [0.1, 0.15) is 23.9 Å².